The van der Waals surface area contributed by atoms with Crippen molar-refractivity contribution in [3.63, 3.8) is 0 Å². The molecule has 0 radical (unpaired) electrons. The smallest absolute Gasteiger partial charge is 0.362 e. The molecule has 0 saturated carbocycles. The Kier molecular flexibility index (Phi) is 1.99. The minimum absolute atomic E-state index is 0.243. The SMILES string of the molecule is CN(C(=N)N)S(=O)(=O)O. The van der Waals surface area contributed by atoms with Gasteiger partial charge in [0.25, 0.3) is 0 Å². The normalized spacial score (nSPS) is 10.9. The minimum atomic E-state index is -4.32. The molecule has 0 fully saturated rings. The fourth-order valence-corrected chi connectivity index (χ4v) is 0.373. The highest BCUT2D eigenvalue weighted by molar-refractivity contribution is 7.83. The average Bonchev–Trinajstić information content (AvgIpc) is 1.62. The monoisotopic (exact) mass is 153 g/mol. The molecule has 0 rings (SSSR count). The van der Waals surface area contributed by atoms with E-state index in [0.29, 0.717) is 0 Å². The summed E-state index contributed by atoms with van der Waals surface area (Å²) in [5.74, 6) is -0.725. The Bertz CT molecular complexity index is 207. The van der Waals surface area contributed by atoms with Gasteiger partial charge in [0.1, 0.15) is 0 Å². The van der Waals surface area contributed by atoms with Gasteiger partial charge in [-0.05, 0) is 0 Å². The van der Waals surface area contributed by atoms with E-state index in [1.54, 1.807) is 0 Å². The summed E-state index contributed by atoms with van der Waals surface area (Å²) < 4.78 is 28.4. The Labute approximate surface area is 52.7 Å². The third-order valence-electron chi connectivity index (χ3n) is 0.685. The van der Waals surface area contributed by atoms with Crippen molar-refractivity contribution < 1.29 is 13.0 Å². The first-order valence-electron chi connectivity index (χ1n) is 1.91. The summed E-state index contributed by atoms with van der Waals surface area (Å²) >= 11 is 0. The van der Waals surface area contributed by atoms with E-state index in [1.165, 1.54) is 0 Å². The van der Waals surface area contributed by atoms with Gasteiger partial charge in [0.2, 0.25) is 5.96 Å². The first-order valence-corrected chi connectivity index (χ1v) is 3.30. The highest BCUT2D eigenvalue weighted by Crippen LogP contribution is 1.87. The zero-order valence-corrected chi connectivity index (χ0v) is 5.51. The lowest BCUT2D eigenvalue weighted by molar-refractivity contribution is 0.438. The van der Waals surface area contributed by atoms with E-state index < -0.39 is 16.3 Å². The highest BCUT2D eigenvalue weighted by atomic mass is 32.2. The second-order valence-electron chi connectivity index (χ2n) is 1.33. The third-order valence-corrected chi connectivity index (χ3v) is 1.57. The first-order chi connectivity index (χ1) is 3.85. The second kappa shape index (κ2) is 2.19. The van der Waals surface area contributed by atoms with Crippen molar-refractivity contribution in [2.24, 2.45) is 5.73 Å². The predicted molar refractivity (Wildman–Crippen MR) is 31.2 cm³/mol. The summed E-state index contributed by atoms with van der Waals surface area (Å²) in [5, 5.41) is 6.52. The van der Waals surface area contributed by atoms with E-state index in [0.717, 1.165) is 7.05 Å². The second-order valence-corrected chi connectivity index (χ2v) is 2.77. The van der Waals surface area contributed by atoms with Crippen molar-refractivity contribution in [3.05, 3.63) is 0 Å². The van der Waals surface area contributed by atoms with Crippen molar-refractivity contribution in [3.8, 4) is 0 Å². The number of nitrogens with one attached hydrogen (secondary N) is 1. The fraction of sp³-hybridized carbons (Fsp3) is 0.500. The van der Waals surface area contributed by atoms with Crippen LogP contribution in [0.25, 0.3) is 0 Å². The van der Waals surface area contributed by atoms with E-state index >= 15 is 0 Å². The van der Waals surface area contributed by atoms with Crippen molar-refractivity contribution in [1.29, 1.82) is 5.41 Å². The predicted octanol–water partition coefficient (Wildman–Crippen LogP) is -1.39. The molecule has 4 N–H and O–H groups in total. The molecule has 0 atom stereocenters. The molecule has 0 aromatic rings. The summed E-state index contributed by atoms with van der Waals surface area (Å²) in [4.78, 5) is 0. The quantitative estimate of drug-likeness (QED) is 0.245. The first kappa shape index (κ1) is 8.18. The van der Waals surface area contributed by atoms with Crippen molar-refractivity contribution in [1.82, 2.24) is 4.31 Å². The Hall–Kier alpha value is -0.820. The number of nitrogens with two attached hydrogens (primary N) is 1. The van der Waals surface area contributed by atoms with E-state index in [4.69, 9.17) is 15.7 Å². The molecule has 0 spiro atoms. The lowest BCUT2D eigenvalue weighted by Gasteiger charge is -2.10. The zero-order valence-electron chi connectivity index (χ0n) is 4.70. The summed E-state index contributed by atoms with van der Waals surface area (Å²) in [6.45, 7) is 0. The molecule has 0 unspecified atom stereocenters. The molecule has 0 saturated heterocycles. The zero-order chi connectivity index (χ0) is 7.65. The Morgan fingerprint density at radius 3 is 2.11 bits per heavy atom. The van der Waals surface area contributed by atoms with Crippen LogP contribution in [0.1, 0.15) is 0 Å². The van der Waals surface area contributed by atoms with E-state index in [1.807, 2.05) is 0 Å². The minimum Gasteiger partial charge on any atom is -0.369 e. The Morgan fingerprint density at radius 1 is 1.78 bits per heavy atom. The van der Waals surface area contributed by atoms with Crippen LogP contribution in [0.15, 0.2) is 0 Å². The molecule has 0 bridgehead atoms. The van der Waals surface area contributed by atoms with Crippen LogP contribution in [0.5, 0.6) is 0 Å². The standard InChI is InChI=1S/C2H7N3O3S/c1-5(2(3)4)9(6,7)8/h1H3,(H3,3,4)(H,6,7,8). The summed E-state index contributed by atoms with van der Waals surface area (Å²) in [6.07, 6.45) is 0. The van der Waals surface area contributed by atoms with E-state index in [-0.39, 0.29) is 4.31 Å². The van der Waals surface area contributed by atoms with Gasteiger partial charge in [-0.15, -0.1) is 0 Å². The van der Waals surface area contributed by atoms with Crippen LogP contribution < -0.4 is 5.73 Å². The maximum Gasteiger partial charge on any atom is 0.362 e. The number of rotatable bonds is 1. The van der Waals surface area contributed by atoms with Crippen LogP contribution in [-0.4, -0.2) is 30.3 Å². The number of hydrogen-bond donors (Lipinski definition) is 3. The lowest BCUT2D eigenvalue weighted by atomic mass is 11.0. The van der Waals surface area contributed by atoms with Gasteiger partial charge in [-0.1, -0.05) is 0 Å². The van der Waals surface area contributed by atoms with Gasteiger partial charge in [0.05, 0.1) is 0 Å². The molecule has 0 aromatic carbocycles. The maximum absolute atomic E-state index is 10.0. The number of hydrogen-bond acceptors (Lipinski definition) is 3. The topological polar surface area (TPSA) is 107 Å². The summed E-state index contributed by atoms with van der Waals surface area (Å²) in [6, 6.07) is 0. The summed E-state index contributed by atoms with van der Waals surface area (Å²) in [5.41, 5.74) is 4.69. The van der Waals surface area contributed by atoms with Gasteiger partial charge < -0.3 is 5.73 Å². The molecule has 0 aliphatic heterocycles. The molecule has 0 aromatic heterocycles. The van der Waals surface area contributed by atoms with E-state index in [2.05, 4.69) is 0 Å². The molecular weight excluding hydrogens is 146 g/mol. The molecular formula is C2H7N3O3S. The largest absolute Gasteiger partial charge is 0.369 e. The van der Waals surface area contributed by atoms with Gasteiger partial charge in [0, 0.05) is 7.05 Å². The fourth-order valence-electron chi connectivity index (χ4n) is 0.124. The van der Waals surface area contributed by atoms with Gasteiger partial charge in [-0.2, -0.15) is 8.42 Å². The molecule has 0 heterocycles. The van der Waals surface area contributed by atoms with Crippen molar-refractivity contribution in [2.75, 3.05) is 7.05 Å². The van der Waals surface area contributed by atoms with Gasteiger partial charge in [-0.25, -0.2) is 4.31 Å². The lowest BCUT2D eigenvalue weighted by Crippen LogP contribution is -2.37. The highest BCUT2D eigenvalue weighted by Gasteiger charge is 2.13. The van der Waals surface area contributed by atoms with Crippen LogP contribution in [0, 0.1) is 5.41 Å². The van der Waals surface area contributed by atoms with Crippen molar-refractivity contribution >= 4 is 16.3 Å². The molecule has 7 heteroatoms. The Morgan fingerprint density at radius 2 is 2.11 bits per heavy atom. The average molecular weight is 153 g/mol. The molecule has 0 aliphatic rings. The van der Waals surface area contributed by atoms with Crippen LogP contribution in [0.4, 0.5) is 0 Å². The van der Waals surface area contributed by atoms with Crippen LogP contribution in [-0.2, 0) is 10.3 Å². The Balaban J connectivity index is 4.43. The van der Waals surface area contributed by atoms with Crippen LogP contribution >= 0.6 is 0 Å². The van der Waals surface area contributed by atoms with Gasteiger partial charge in [0.15, 0.2) is 0 Å². The van der Waals surface area contributed by atoms with Crippen LogP contribution in [0.2, 0.25) is 0 Å². The van der Waals surface area contributed by atoms with Gasteiger partial charge in [-0.3, -0.25) is 9.96 Å². The molecule has 54 valence electrons. The maximum atomic E-state index is 10.0. The van der Waals surface area contributed by atoms with Crippen LogP contribution in [0.3, 0.4) is 0 Å². The molecule has 0 amide bonds. The molecule has 6 nitrogen and oxygen atoms in total. The number of nitrogens with zero attached hydrogens (tertiary/aromatic N) is 1. The molecule has 9 heavy (non-hydrogen) atoms. The number of guanidine groups is 1. The van der Waals surface area contributed by atoms with Gasteiger partial charge >= 0.3 is 10.3 Å². The third kappa shape index (κ3) is 2.29. The molecule has 0 aliphatic carbocycles. The summed E-state index contributed by atoms with van der Waals surface area (Å²) in [7, 11) is -3.35. The van der Waals surface area contributed by atoms with E-state index in [9.17, 15) is 8.42 Å². The van der Waals surface area contributed by atoms with Crippen molar-refractivity contribution in [2.45, 2.75) is 0 Å².